The van der Waals surface area contributed by atoms with E-state index in [9.17, 15) is 4.39 Å². The molecule has 1 atom stereocenters. The zero-order valence-corrected chi connectivity index (χ0v) is 8.07. The number of benzene rings is 1. The van der Waals surface area contributed by atoms with E-state index in [4.69, 9.17) is 0 Å². The highest BCUT2D eigenvalue weighted by Crippen LogP contribution is 2.31. The molecule has 0 bridgehead atoms. The maximum atomic E-state index is 13.3. The van der Waals surface area contributed by atoms with E-state index in [1.807, 2.05) is 6.07 Å². The van der Waals surface area contributed by atoms with E-state index < -0.39 is 0 Å². The standard InChI is InChI=1S/C9H9BrFN/c10-6-2-1-3-7(11)9(6)8-4-5-12-8/h1-3,8,12H,4-5H2/t8-/m0/s1. The summed E-state index contributed by atoms with van der Waals surface area (Å²) in [4.78, 5) is 0. The molecule has 1 aliphatic heterocycles. The van der Waals surface area contributed by atoms with Gasteiger partial charge in [0.05, 0.1) is 0 Å². The first-order chi connectivity index (χ1) is 5.79. The van der Waals surface area contributed by atoms with E-state index in [0.29, 0.717) is 0 Å². The predicted octanol–water partition coefficient (Wildman–Crippen LogP) is 2.62. The van der Waals surface area contributed by atoms with E-state index in [-0.39, 0.29) is 11.9 Å². The summed E-state index contributed by atoms with van der Waals surface area (Å²) in [5, 5.41) is 3.17. The molecule has 1 fully saturated rings. The van der Waals surface area contributed by atoms with Crippen LogP contribution in [0.15, 0.2) is 22.7 Å². The van der Waals surface area contributed by atoms with Gasteiger partial charge in [-0.25, -0.2) is 4.39 Å². The van der Waals surface area contributed by atoms with E-state index in [2.05, 4.69) is 21.2 Å². The van der Waals surface area contributed by atoms with Crippen molar-refractivity contribution in [1.82, 2.24) is 5.32 Å². The number of hydrogen-bond donors (Lipinski definition) is 1. The van der Waals surface area contributed by atoms with E-state index in [1.54, 1.807) is 6.07 Å². The lowest BCUT2D eigenvalue weighted by atomic mass is 9.98. The van der Waals surface area contributed by atoms with E-state index in [1.165, 1.54) is 6.07 Å². The fourth-order valence-corrected chi connectivity index (χ4v) is 2.00. The highest BCUT2D eigenvalue weighted by atomic mass is 79.9. The summed E-state index contributed by atoms with van der Waals surface area (Å²) in [5.41, 5.74) is 0.767. The van der Waals surface area contributed by atoms with Gasteiger partial charge in [0.25, 0.3) is 0 Å². The molecule has 1 aliphatic rings. The molecule has 1 saturated heterocycles. The third-order valence-corrected chi connectivity index (χ3v) is 2.86. The summed E-state index contributed by atoms with van der Waals surface area (Å²) >= 11 is 3.34. The molecule has 1 aromatic carbocycles. The van der Waals surface area contributed by atoms with Gasteiger partial charge in [-0.1, -0.05) is 22.0 Å². The highest BCUT2D eigenvalue weighted by Gasteiger charge is 2.23. The van der Waals surface area contributed by atoms with Crippen LogP contribution in [-0.4, -0.2) is 6.54 Å². The van der Waals surface area contributed by atoms with Crippen molar-refractivity contribution in [3.63, 3.8) is 0 Å². The number of nitrogens with one attached hydrogen (secondary N) is 1. The molecule has 1 nitrogen and oxygen atoms in total. The summed E-state index contributed by atoms with van der Waals surface area (Å²) in [6, 6.07) is 5.29. The highest BCUT2D eigenvalue weighted by molar-refractivity contribution is 9.10. The Kier molecular flexibility index (Phi) is 2.15. The van der Waals surface area contributed by atoms with Gasteiger partial charge in [-0.05, 0) is 25.1 Å². The minimum Gasteiger partial charge on any atom is -0.310 e. The van der Waals surface area contributed by atoms with Crippen molar-refractivity contribution in [1.29, 1.82) is 0 Å². The van der Waals surface area contributed by atoms with Crippen LogP contribution in [0.4, 0.5) is 4.39 Å². The third-order valence-electron chi connectivity index (χ3n) is 2.17. The minimum absolute atomic E-state index is 0.124. The van der Waals surface area contributed by atoms with Gasteiger partial charge < -0.3 is 5.32 Å². The fourth-order valence-electron chi connectivity index (χ4n) is 1.38. The van der Waals surface area contributed by atoms with E-state index in [0.717, 1.165) is 23.0 Å². The van der Waals surface area contributed by atoms with Gasteiger partial charge in [0, 0.05) is 16.1 Å². The van der Waals surface area contributed by atoms with Gasteiger partial charge >= 0.3 is 0 Å². The summed E-state index contributed by atoms with van der Waals surface area (Å²) in [5.74, 6) is -0.124. The molecule has 0 aliphatic carbocycles. The Labute approximate surface area is 79.1 Å². The average molecular weight is 230 g/mol. The minimum atomic E-state index is -0.124. The van der Waals surface area contributed by atoms with Crippen LogP contribution in [-0.2, 0) is 0 Å². The lowest BCUT2D eigenvalue weighted by Crippen LogP contribution is -2.35. The lowest BCUT2D eigenvalue weighted by Gasteiger charge is -2.29. The number of hydrogen-bond acceptors (Lipinski definition) is 1. The molecule has 2 rings (SSSR count). The Morgan fingerprint density at radius 2 is 2.25 bits per heavy atom. The van der Waals surface area contributed by atoms with Crippen LogP contribution >= 0.6 is 15.9 Å². The van der Waals surface area contributed by atoms with Crippen molar-refractivity contribution in [3.05, 3.63) is 34.1 Å². The van der Waals surface area contributed by atoms with Crippen molar-refractivity contribution in [2.75, 3.05) is 6.54 Å². The molecule has 0 unspecified atom stereocenters. The first-order valence-corrected chi connectivity index (χ1v) is 4.75. The predicted molar refractivity (Wildman–Crippen MR) is 49.5 cm³/mol. The first-order valence-electron chi connectivity index (χ1n) is 3.96. The van der Waals surface area contributed by atoms with Crippen LogP contribution in [0, 0.1) is 5.82 Å². The van der Waals surface area contributed by atoms with Crippen LogP contribution < -0.4 is 5.32 Å². The van der Waals surface area contributed by atoms with Crippen molar-refractivity contribution >= 4 is 15.9 Å². The zero-order chi connectivity index (χ0) is 8.55. The molecule has 3 heteroatoms. The third kappa shape index (κ3) is 1.27. The van der Waals surface area contributed by atoms with Crippen molar-refractivity contribution in [3.8, 4) is 0 Å². The van der Waals surface area contributed by atoms with Gasteiger partial charge in [0.2, 0.25) is 0 Å². The Morgan fingerprint density at radius 1 is 1.50 bits per heavy atom. The summed E-state index contributed by atoms with van der Waals surface area (Å²) in [6.45, 7) is 0.992. The topological polar surface area (TPSA) is 12.0 Å². The van der Waals surface area contributed by atoms with Crippen molar-refractivity contribution < 1.29 is 4.39 Å². The smallest absolute Gasteiger partial charge is 0.129 e. The van der Waals surface area contributed by atoms with Crippen LogP contribution in [0.25, 0.3) is 0 Å². The fraction of sp³-hybridized carbons (Fsp3) is 0.333. The molecule has 0 amide bonds. The van der Waals surface area contributed by atoms with Crippen molar-refractivity contribution in [2.24, 2.45) is 0 Å². The van der Waals surface area contributed by atoms with Crippen LogP contribution in [0.1, 0.15) is 18.0 Å². The summed E-state index contributed by atoms with van der Waals surface area (Å²) < 4.78 is 14.1. The van der Waals surface area contributed by atoms with Crippen LogP contribution in [0.3, 0.4) is 0 Å². The van der Waals surface area contributed by atoms with Crippen LogP contribution in [0.2, 0.25) is 0 Å². The quantitative estimate of drug-likeness (QED) is 0.781. The molecule has 12 heavy (non-hydrogen) atoms. The van der Waals surface area contributed by atoms with Gasteiger partial charge in [0.15, 0.2) is 0 Å². The second-order valence-corrected chi connectivity index (χ2v) is 3.79. The molecule has 0 saturated carbocycles. The van der Waals surface area contributed by atoms with Gasteiger partial charge in [-0.15, -0.1) is 0 Å². The molecule has 0 aromatic heterocycles. The Morgan fingerprint density at radius 3 is 2.75 bits per heavy atom. The molecule has 64 valence electrons. The van der Waals surface area contributed by atoms with Gasteiger partial charge in [-0.3, -0.25) is 0 Å². The van der Waals surface area contributed by atoms with Gasteiger partial charge in [0.1, 0.15) is 5.82 Å². The van der Waals surface area contributed by atoms with Crippen LogP contribution in [0.5, 0.6) is 0 Å². The first kappa shape index (κ1) is 8.20. The maximum absolute atomic E-state index is 13.3. The van der Waals surface area contributed by atoms with E-state index >= 15 is 0 Å². The Hall–Kier alpha value is -0.410. The maximum Gasteiger partial charge on any atom is 0.129 e. The molecular weight excluding hydrogens is 221 g/mol. The molecule has 0 radical (unpaired) electrons. The van der Waals surface area contributed by atoms with Crippen molar-refractivity contribution in [2.45, 2.75) is 12.5 Å². The normalized spacial score (nSPS) is 22.0. The summed E-state index contributed by atoms with van der Waals surface area (Å²) in [6.07, 6.45) is 1.03. The SMILES string of the molecule is Fc1cccc(Br)c1[C@@H]1CCN1. The monoisotopic (exact) mass is 229 g/mol. The Bertz CT molecular complexity index is 276. The average Bonchev–Trinajstić information content (AvgIpc) is 1.93. The second kappa shape index (κ2) is 3.15. The molecule has 1 heterocycles. The Balaban J connectivity index is 2.39. The number of rotatable bonds is 1. The summed E-state index contributed by atoms with van der Waals surface area (Å²) in [7, 11) is 0. The number of halogens is 2. The molecule has 0 spiro atoms. The lowest BCUT2D eigenvalue weighted by molar-refractivity contribution is 0.369. The molecule has 1 aromatic rings. The second-order valence-electron chi connectivity index (χ2n) is 2.93. The molecule has 1 N–H and O–H groups in total. The largest absolute Gasteiger partial charge is 0.310 e. The molecular formula is C9H9BrFN. The van der Waals surface area contributed by atoms with Gasteiger partial charge in [-0.2, -0.15) is 0 Å². The zero-order valence-electron chi connectivity index (χ0n) is 6.48.